The van der Waals surface area contributed by atoms with E-state index >= 15 is 0 Å². The number of carbonyl (C=O) groups is 1. The highest BCUT2D eigenvalue weighted by atomic mass is 32.2. The lowest BCUT2D eigenvalue weighted by Gasteiger charge is -2.19. The Morgan fingerprint density at radius 1 is 1.35 bits per heavy atom. The molecule has 23 heavy (non-hydrogen) atoms. The molecular formula is C16H15N5OS. The van der Waals surface area contributed by atoms with Crippen LogP contribution in [0.25, 0.3) is 0 Å². The number of amides is 1. The maximum atomic E-state index is 12.4. The lowest BCUT2D eigenvalue weighted by Crippen LogP contribution is -2.35. The average Bonchev–Trinajstić information content (AvgIpc) is 3.24. The maximum Gasteiger partial charge on any atom is 0.230 e. The average molecular weight is 325 g/mol. The number of hydrogen-bond acceptors (Lipinski definition) is 5. The summed E-state index contributed by atoms with van der Waals surface area (Å²) in [5.41, 5.74) is 0.608. The van der Waals surface area contributed by atoms with Gasteiger partial charge in [-0.3, -0.25) is 4.79 Å². The van der Waals surface area contributed by atoms with Gasteiger partial charge in [0, 0.05) is 19.3 Å². The lowest BCUT2D eigenvalue weighted by atomic mass is 10.1. The van der Waals surface area contributed by atoms with Gasteiger partial charge in [-0.05, 0) is 41.0 Å². The van der Waals surface area contributed by atoms with Gasteiger partial charge in [0.2, 0.25) is 5.91 Å². The van der Waals surface area contributed by atoms with Crippen LogP contribution in [0.1, 0.15) is 12.0 Å². The van der Waals surface area contributed by atoms with E-state index in [0.717, 1.165) is 4.90 Å². The third-order valence-corrected chi connectivity index (χ3v) is 5.82. The van der Waals surface area contributed by atoms with E-state index in [-0.39, 0.29) is 11.8 Å². The van der Waals surface area contributed by atoms with Crippen molar-refractivity contribution in [2.45, 2.75) is 11.3 Å². The van der Waals surface area contributed by atoms with Gasteiger partial charge in [-0.2, -0.15) is 10.5 Å². The first kappa shape index (κ1) is 15.1. The van der Waals surface area contributed by atoms with Crippen LogP contribution in [0.4, 0.5) is 0 Å². The molecule has 0 aliphatic carbocycles. The van der Waals surface area contributed by atoms with Crippen LogP contribution in [0.3, 0.4) is 0 Å². The topological polar surface area (TPSA) is 92.3 Å². The summed E-state index contributed by atoms with van der Waals surface area (Å²) < 4.78 is 0. The standard InChI is InChI=1S/C16H15N5OS/c17-9-12-1-3-14(4-2-12)23-8-6-19-16(23)20-15(22)13-5-7-21(10-13)11-18/h1-4,6,8,13,23H,5,7,10H2,(H,19,20,22)/t13-/m0/s1. The number of aliphatic imine (C=N–C) groups is 1. The summed E-state index contributed by atoms with van der Waals surface area (Å²) in [7, 11) is -0.833. The van der Waals surface area contributed by atoms with E-state index in [9.17, 15) is 4.79 Å². The number of thiol groups is 1. The number of amidine groups is 1. The number of benzene rings is 1. The van der Waals surface area contributed by atoms with Crippen LogP contribution in [0.2, 0.25) is 0 Å². The number of likely N-dealkylation sites (tertiary alicyclic amines) is 1. The number of rotatable bonds is 2. The van der Waals surface area contributed by atoms with Crippen LogP contribution in [0.5, 0.6) is 0 Å². The van der Waals surface area contributed by atoms with E-state index in [1.54, 1.807) is 23.2 Å². The maximum absolute atomic E-state index is 12.4. The summed E-state index contributed by atoms with van der Waals surface area (Å²) in [5.74, 6) is -0.248. The van der Waals surface area contributed by atoms with E-state index < -0.39 is 10.9 Å². The molecule has 1 aromatic carbocycles. The molecule has 7 heteroatoms. The fourth-order valence-corrected chi connectivity index (χ4v) is 4.23. The monoisotopic (exact) mass is 325 g/mol. The third-order valence-electron chi connectivity index (χ3n) is 3.85. The van der Waals surface area contributed by atoms with Gasteiger partial charge in [-0.15, -0.1) is 10.9 Å². The van der Waals surface area contributed by atoms with Crippen molar-refractivity contribution in [3.8, 4) is 12.3 Å². The van der Waals surface area contributed by atoms with Gasteiger partial charge in [-0.25, -0.2) is 4.99 Å². The number of carbonyl (C=O) groups excluding carboxylic acids is 1. The predicted octanol–water partition coefficient (Wildman–Crippen LogP) is 1.68. The summed E-state index contributed by atoms with van der Waals surface area (Å²) in [6.45, 7) is 1.10. The zero-order chi connectivity index (χ0) is 16.2. The highest BCUT2D eigenvalue weighted by Gasteiger charge is 2.29. The first-order valence-corrected chi connectivity index (χ1v) is 8.62. The number of nitriles is 2. The Hall–Kier alpha value is -2.77. The van der Waals surface area contributed by atoms with E-state index in [4.69, 9.17) is 10.5 Å². The molecule has 0 bridgehead atoms. The second-order valence-corrected chi connectivity index (χ2v) is 7.28. The van der Waals surface area contributed by atoms with Crippen molar-refractivity contribution in [2.24, 2.45) is 10.9 Å². The second-order valence-electron chi connectivity index (χ2n) is 5.30. The fraction of sp³-hybridized carbons (Fsp3) is 0.250. The minimum atomic E-state index is -0.833. The first-order valence-electron chi connectivity index (χ1n) is 7.20. The summed E-state index contributed by atoms with van der Waals surface area (Å²) in [6, 6.07) is 9.43. The lowest BCUT2D eigenvalue weighted by molar-refractivity contribution is -0.123. The van der Waals surface area contributed by atoms with Crippen molar-refractivity contribution in [3.05, 3.63) is 41.4 Å². The number of hydrogen-bond donors (Lipinski definition) is 2. The Balaban J connectivity index is 1.67. The van der Waals surface area contributed by atoms with E-state index in [1.165, 1.54) is 0 Å². The van der Waals surface area contributed by atoms with Crippen LogP contribution < -0.4 is 5.32 Å². The van der Waals surface area contributed by atoms with Gasteiger partial charge >= 0.3 is 0 Å². The van der Waals surface area contributed by atoms with Crippen LogP contribution in [-0.2, 0) is 4.79 Å². The van der Waals surface area contributed by atoms with Crippen molar-refractivity contribution in [1.82, 2.24) is 10.2 Å². The summed E-state index contributed by atoms with van der Waals surface area (Å²) in [6.07, 6.45) is 4.47. The Labute approximate surface area is 137 Å². The summed E-state index contributed by atoms with van der Waals surface area (Å²) in [5, 5.41) is 23.3. The van der Waals surface area contributed by atoms with Gasteiger partial charge in [-0.1, -0.05) is 0 Å². The van der Waals surface area contributed by atoms with Crippen molar-refractivity contribution < 1.29 is 4.79 Å². The van der Waals surface area contributed by atoms with Crippen molar-refractivity contribution in [1.29, 1.82) is 10.5 Å². The zero-order valence-electron chi connectivity index (χ0n) is 12.3. The van der Waals surface area contributed by atoms with Crippen LogP contribution >= 0.6 is 10.9 Å². The second kappa shape index (κ2) is 6.55. The molecule has 1 unspecified atom stereocenters. The molecule has 1 N–H and O–H groups in total. The molecule has 1 saturated heterocycles. The molecule has 1 aromatic rings. The molecule has 0 saturated carbocycles. The van der Waals surface area contributed by atoms with Crippen LogP contribution in [0, 0.1) is 28.7 Å². The van der Waals surface area contributed by atoms with E-state index in [0.29, 0.717) is 30.2 Å². The molecule has 0 radical (unpaired) electrons. The number of nitrogens with zero attached hydrogens (tertiary/aromatic N) is 4. The molecule has 2 aliphatic rings. The summed E-state index contributed by atoms with van der Waals surface area (Å²) >= 11 is 0. The highest BCUT2D eigenvalue weighted by Crippen LogP contribution is 2.41. The molecule has 2 aliphatic heterocycles. The van der Waals surface area contributed by atoms with Gasteiger partial charge < -0.3 is 10.2 Å². The third kappa shape index (κ3) is 3.20. The molecule has 1 amide bonds. The Kier molecular flexibility index (Phi) is 4.31. The van der Waals surface area contributed by atoms with Crippen molar-refractivity contribution in [2.75, 3.05) is 13.1 Å². The fourth-order valence-electron chi connectivity index (χ4n) is 2.58. The first-order chi connectivity index (χ1) is 11.2. The van der Waals surface area contributed by atoms with Gasteiger partial charge in [0.05, 0.1) is 17.6 Å². The molecule has 1 fully saturated rings. The predicted molar refractivity (Wildman–Crippen MR) is 88.4 cm³/mol. The molecule has 116 valence electrons. The van der Waals surface area contributed by atoms with Gasteiger partial charge in [0.25, 0.3) is 0 Å². The Bertz CT molecular complexity index is 756. The smallest absolute Gasteiger partial charge is 0.230 e. The van der Waals surface area contributed by atoms with Crippen molar-refractivity contribution >= 4 is 22.0 Å². The molecule has 2 heterocycles. The largest absolute Gasteiger partial charge is 0.310 e. The molecule has 0 spiro atoms. The van der Waals surface area contributed by atoms with E-state index in [2.05, 4.69) is 22.6 Å². The van der Waals surface area contributed by atoms with E-state index in [1.807, 2.05) is 17.5 Å². The molecule has 3 rings (SSSR count). The molecular weight excluding hydrogens is 310 g/mol. The van der Waals surface area contributed by atoms with Crippen molar-refractivity contribution in [3.63, 3.8) is 0 Å². The molecule has 6 nitrogen and oxygen atoms in total. The Morgan fingerprint density at radius 3 is 2.78 bits per heavy atom. The molecule has 2 atom stereocenters. The van der Waals surface area contributed by atoms with Gasteiger partial charge in [0.1, 0.15) is 0 Å². The highest BCUT2D eigenvalue weighted by molar-refractivity contribution is 8.32. The van der Waals surface area contributed by atoms with Crippen LogP contribution in [-0.4, -0.2) is 29.1 Å². The minimum Gasteiger partial charge on any atom is -0.310 e. The normalized spacial score (nSPS) is 23.9. The Morgan fingerprint density at radius 2 is 2.13 bits per heavy atom. The molecule has 0 aromatic heterocycles. The SMILES string of the molecule is N#Cc1ccc([SH]2C=CN=C2NC(=O)[C@H]2CCN(C#N)C2)cc1. The summed E-state index contributed by atoms with van der Waals surface area (Å²) in [4.78, 5) is 19.3. The van der Waals surface area contributed by atoms with Crippen LogP contribution in [0.15, 0.2) is 45.8 Å². The quantitative estimate of drug-likeness (QED) is 0.639. The minimum absolute atomic E-state index is 0.0775. The number of nitrogens with one attached hydrogen (secondary N) is 1. The van der Waals surface area contributed by atoms with Gasteiger partial charge in [0.15, 0.2) is 11.4 Å². The zero-order valence-corrected chi connectivity index (χ0v) is 13.2.